The van der Waals surface area contributed by atoms with Gasteiger partial charge in [-0.15, -0.1) is 0 Å². The quantitative estimate of drug-likeness (QED) is 0.837. The molecule has 0 saturated carbocycles. The third-order valence-corrected chi connectivity index (χ3v) is 3.16. The van der Waals surface area contributed by atoms with E-state index in [1.807, 2.05) is 6.07 Å². The van der Waals surface area contributed by atoms with Crippen LogP contribution in [0.25, 0.3) is 6.08 Å². The lowest BCUT2D eigenvalue weighted by Crippen LogP contribution is -2.47. The molecule has 1 amide bonds. The van der Waals surface area contributed by atoms with Crippen LogP contribution >= 0.6 is 0 Å². The molecule has 2 rings (SSSR count). The zero-order valence-corrected chi connectivity index (χ0v) is 10.5. The first-order valence-corrected chi connectivity index (χ1v) is 6.31. The Kier molecular flexibility index (Phi) is 4.28. The second-order valence-electron chi connectivity index (χ2n) is 4.47. The number of amides is 1. The molecule has 0 spiro atoms. The normalized spacial score (nSPS) is 19.6. The molecular weight excluding hydrogens is 244 g/mol. The van der Waals surface area contributed by atoms with Gasteiger partial charge in [0, 0.05) is 18.8 Å². The van der Waals surface area contributed by atoms with E-state index < -0.39 is 12.0 Å². The highest BCUT2D eigenvalue weighted by Gasteiger charge is 2.30. The van der Waals surface area contributed by atoms with Crippen LogP contribution in [0.1, 0.15) is 25.0 Å². The van der Waals surface area contributed by atoms with Crippen molar-refractivity contribution in [2.75, 3.05) is 6.54 Å². The van der Waals surface area contributed by atoms with Gasteiger partial charge in [0.2, 0.25) is 5.91 Å². The lowest BCUT2D eigenvalue weighted by molar-refractivity contribution is -0.150. The Hall–Kier alpha value is -2.17. The summed E-state index contributed by atoms with van der Waals surface area (Å²) >= 11 is 0. The maximum Gasteiger partial charge on any atom is 0.326 e. The number of carbonyl (C=O) groups is 2. The summed E-state index contributed by atoms with van der Waals surface area (Å²) in [6.45, 7) is 0.502. The predicted octanol–water partition coefficient (Wildman–Crippen LogP) is 1.56. The van der Waals surface area contributed by atoms with Crippen molar-refractivity contribution in [1.82, 2.24) is 9.88 Å². The summed E-state index contributed by atoms with van der Waals surface area (Å²) in [4.78, 5) is 28.6. The van der Waals surface area contributed by atoms with Crippen LogP contribution in [0.3, 0.4) is 0 Å². The SMILES string of the molecule is O=C(O)C1CCCCN1C(=O)/C=C/c1ccccn1. The third-order valence-electron chi connectivity index (χ3n) is 3.16. The Morgan fingerprint density at radius 3 is 2.89 bits per heavy atom. The van der Waals surface area contributed by atoms with E-state index >= 15 is 0 Å². The van der Waals surface area contributed by atoms with Crippen LogP contribution in [0.4, 0.5) is 0 Å². The smallest absolute Gasteiger partial charge is 0.326 e. The maximum atomic E-state index is 12.0. The number of rotatable bonds is 3. The number of carbonyl (C=O) groups excluding carboxylic acids is 1. The van der Waals surface area contributed by atoms with Crippen LogP contribution < -0.4 is 0 Å². The molecule has 0 aliphatic carbocycles. The predicted molar refractivity (Wildman–Crippen MR) is 70.3 cm³/mol. The fourth-order valence-electron chi connectivity index (χ4n) is 2.18. The molecule has 1 fully saturated rings. The first-order valence-electron chi connectivity index (χ1n) is 6.31. The van der Waals surface area contributed by atoms with Gasteiger partial charge in [0.05, 0.1) is 5.69 Å². The minimum Gasteiger partial charge on any atom is -0.480 e. The number of aliphatic carboxylic acids is 1. The molecule has 1 aromatic rings. The van der Waals surface area contributed by atoms with Gasteiger partial charge < -0.3 is 10.0 Å². The Morgan fingerprint density at radius 1 is 1.37 bits per heavy atom. The number of nitrogens with zero attached hydrogens (tertiary/aromatic N) is 2. The van der Waals surface area contributed by atoms with Crippen molar-refractivity contribution in [2.24, 2.45) is 0 Å². The lowest BCUT2D eigenvalue weighted by Gasteiger charge is -2.32. The molecule has 2 heterocycles. The summed E-state index contributed by atoms with van der Waals surface area (Å²) in [6.07, 6.45) is 6.88. The van der Waals surface area contributed by atoms with Crippen LogP contribution in [0.15, 0.2) is 30.5 Å². The topological polar surface area (TPSA) is 70.5 Å². The lowest BCUT2D eigenvalue weighted by atomic mass is 10.0. The van der Waals surface area contributed by atoms with Crippen molar-refractivity contribution >= 4 is 18.0 Å². The molecule has 1 aliphatic heterocycles. The fourth-order valence-corrected chi connectivity index (χ4v) is 2.18. The minimum absolute atomic E-state index is 0.266. The molecule has 19 heavy (non-hydrogen) atoms. The van der Waals surface area contributed by atoms with Gasteiger partial charge in [-0.05, 0) is 37.5 Å². The number of pyridine rings is 1. The van der Waals surface area contributed by atoms with Crippen LogP contribution in [0.5, 0.6) is 0 Å². The minimum atomic E-state index is -0.931. The molecule has 0 bridgehead atoms. The summed E-state index contributed by atoms with van der Waals surface area (Å²) in [5.41, 5.74) is 0.680. The largest absolute Gasteiger partial charge is 0.480 e. The third kappa shape index (κ3) is 3.40. The highest BCUT2D eigenvalue weighted by atomic mass is 16.4. The van der Waals surface area contributed by atoms with Gasteiger partial charge in [-0.25, -0.2) is 4.79 Å². The van der Waals surface area contributed by atoms with E-state index in [-0.39, 0.29) is 5.91 Å². The van der Waals surface area contributed by atoms with Crippen LogP contribution in [0.2, 0.25) is 0 Å². The summed E-state index contributed by atoms with van der Waals surface area (Å²) in [7, 11) is 0. The van der Waals surface area contributed by atoms with E-state index in [1.165, 1.54) is 11.0 Å². The molecule has 1 aliphatic rings. The van der Waals surface area contributed by atoms with Gasteiger partial charge in [-0.2, -0.15) is 0 Å². The van der Waals surface area contributed by atoms with Crippen molar-refractivity contribution in [2.45, 2.75) is 25.3 Å². The molecule has 1 N–H and O–H groups in total. The molecular formula is C14H16N2O3. The average molecular weight is 260 g/mol. The van der Waals surface area contributed by atoms with E-state index in [4.69, 9.17) is 5.11 Å². The van der Waals surface area contributed by atoms with Gasteiger partial charge in [-0.3, -0.25) is 9.78 Å². The molecule has 0 radical (unpaired) electrons. The van der Waals surface area contributed by atoms with Gasteiger partial charge in [0.25, 0.3) is 0 Å². The van der Waals surface area contributed by atoms with Crippen molar-refractivity contribution in [3.63, 3.8) is 0 Å². The van der Waals surface area contributed by atoms with Gasteiger partial charge in [0.15, 0.2) is 0 Å². The number of carboxylic acid groups (broad SMARTS) is 1. The number of likely N-dealkylation sites (tertiary alicyclic amines) is 1. The fraction of sp³-hybridized carbons (Fsp3) is 0.357. The molecule has 1 atom stereocenters. The van der Waals surface area contributed by atoms with Crippen molar-refractivity contribution < 1.29 is 14.7 Å². The highest BCUT2D eigenvalue weighted by molar-refractivity contribution is 5.94. The average Bonchev–Trinajstić information content (AvgIpc) is 2.46. The Bertz CT molecular complexity index is 485. The Balaban J connectivity index is 2.06. The van der Waals surface area contributed by atoms with Crippen molar-refractivity contribution in [3.05, 3.63) is 36.2 Å². The van der Waals surface area contributed by atoms with Gasteiger partial charge in [0.1, 0.15) is 6.04 Å². The number of hydrogen-bond donors (Lipinski definition) is 1. The zero-order chi connectivity index (χ0) is 13.7. The first kappa shape index (κ1) is 13.3. The van der Waals surface area contributed by atoms with Crippen molar-refractivity contribution in [3.8, 4) is 0 Å². The van der Waals surface area contributed by atoms with E-state index in [0.717, 1.165) is 12.8 Å². The second-order valence-corrected chi connectivity index (χ2v) is 4.47. The number of piperidine rings is 1. The first-order chi connectivity index (χ1) is 9.18. The molecule has 1 saturated heterocycles. The van der Waals surface area contributed by atoms with E-state index in [1.54, 1.807) is 24.4 Å². The number of aromatic nitrogens is 1. The maximum absolute atomic E-state index is 12.0. The summed E-state index contributed by atoms with van der Waals surface area (Å²) in [5.74, 6) is -1.20. The molecule has 5 nitrogen and oxygen atoms in total. The van der Waals surface area contributed by atoms with E-state index in [2.05, 4.69) is 4.98 Å². The number of hydrogen-bond acceptors (Lipinski definition) is 3. The van der Waals surface area contributed by atoms with E-state index in [9.17, 15) is 9.59 Å². The Morgan fingerprint density at radius 2 is 2.21 bits per heavy atom. The number of carboxylic acids is 1. The van der Waals surface area contributed by atoms with Gasteiger partial charge >= 0.3 is 5.97 Å². The van der Waals surface area contributed by atoms with Crippen molar-refractivity contribution in [1.29, 1.82) is 0 Å². The molecule has 5 heteroatoms. The summed E-state index contributed by atoms with van der Waals surface area (Å²) in [6, 6.07) is 4.71. The Labute approximate surface area is 111 Å². The van der Waals surface area contributed by atoms with Crippen LogP contribution in [-0.4, -0.2) is 39.5 Å². The summed E-state index contributed by atoms with van der Waals surface area (Å²) < 4.78 is 0. The second kappa shape index (κ2) is 6.13. The summed E-state index contributed by atoms with van der Waals surface area (Å²) in [5, 5.41) is 9.11. The van der Waals surface area contributed by atoms with E-state index in [0.29, 0.717) is 18.7 Å². The zero-order valence-electron chi connectivity index (χ0n) is 10.5. The van der Waals surface area contributed by atoms with Gasteiger partial charge in [-0.1, -0.05) is 6.07 Å². The van der Waals surface area contributed by atoms with Crippen LogP contribution in [0, 0.1) is 0 Å². The monoisotopic (exact) mass is 260 g/mol. The molecule has 1 unspecified atom stereocenters. The standard InChI is InChI=1S/C14H16N2O3/c17-13(8-7-11-5-1-3-9-15-11)16-10-4-2-6-12(16)14(18)19/h1,3,5,7-9,12H,2,4,6,10H2,(H,18,19)/b8-7+. The van der Waals surface area contributed by atoms with Crippen LogP contribution in [-0.2, 0) is 9.59 Å². The molecule has 100 valence electrons. The molecule has 0 aromatic carbocycles. The highest BCUT2D eigenvalue weighted by Crippen LogP contribution is 2.17. The molecule has 1 aromatic heterocycles.